The first-order valence-electron chi connectivity index (χ1n) is 8.19. The molecule has 1 aliphatic rings. The van der Waals surface area contributed by atoms with Crippen LogP contribution >= 0.6 is 0 Å². The van der Waals surface area contributed by atoms with Gasteiger partial charge in [0.05, 0.1) is 0 Å². The van der Waals surface area contributed by atoms with Gasteiger partial charge in [-0.15, -0.1) is 0 Å². The normalized spacial score (nSPS) is 16.7. The fourth-order valence-electron chi connectivity index (χ4n) is 2.98. The average Bonchev–Trinajstić information content (AvgIpc) is 3.18. The Morgan fingerprint density at radius 1 is 1.39 bits per heavy atom. The van der Waals surface area contributed by atoms with Gasteiger partial charge in [0, 0.05) is 31.9 Å². The Balaban J connectivity index is 1.54. The number of amides is 1. The van der Waals surface area contributed by atoms with E-state index in [0.29, 0.717) is 18.9 Å². The van der Waals surface area contributed by atoms with Gasteiger partial charge in [0.25, 0.3) is 0 Å². The molecular formula is C19H23N3O. The smallest absolute Gasteiger partial charge is 0.220 e. The first-order valence-corrected chi connectivity index (χ1v) is 8.19. The van der Waals surface area contributed by atoms with Crippen molar-refractivity contribution in [1.29, 1.82) is 0 Å². The number of carbonyl (C=O) groups excluding carboxylic acids is 1. The number of aromatic nitrogens is 2. The van der Waals surface area contributed by atoms with Gasteiger partial charge in [0.2, 0.25) is 5.91 Å². The van der Waals surface area contributed by atoms with E-state index < -0.39 is 0 Å². The van der Waals surface area contributed by atoms with E-state index in [1.807, 2.05) is 25.4 Å². The van der Waals surface area contributed by atoms with Gasteiger partial charge in [-0.25, -0.2) is 4.98 Å². The molecule has 0 saturated heterocycles. The predicted octanol–water partition coefficient (Wildman–Crippen LogP) is 3.21. The molecule has 0 unspecified atom stereocenters. The second-order valence-electron chi connectivity index (χ2n) is 6.17. The Hall–Kier alpha value is -2.36. The number of allylic oxidation sites excluding steroid dienone is 2. The molecule has 4 heteroatoms. The minimum Gasteiger partial charge on any atom is -0.352 e. The molecule has 0 aliphatic heterocycles. The number of imidazole rings is 1. The Bertz CT molecular complexity index is 702. The van der Waals surface area contributed by atoms with Crippen molar-refractivity contribution in [3.8, 4) is 0 Å². The highest BCUT2D eigenvalue weighted by molar-refractivity contribution is 5.76. The Kier molecular flexibility index (Phi) is 4.91. The molecule has 1 aliphatic carbocycles. The zero-order valence-corrected chi connectivity index (χ0v) is 13.5. The van der Waals surface area contributed by atoms with Crippen LogP contribution in [-0.2, 0) is 17.9 Å². The molecule has 1 N–H and O–H groups in total. The van der Waals surface area contributed by atoms with Gasteiger partial charge in [-0.05, 0) is 36.8 Å². The summed E-state index contributed by atoms with van der Waals surface area (Å²) in [6.45, 7) is 3.40. The maximum atomic E-state index is 12.0. The predicted molar refractivity (Wildman–Crippen MR) is 90.8 cm³/mol. The van der Waals surface area contributed by atoms with Crippen LogP contribution in [0.2, 0.25) is 0 Å². The monoisotopic (exact) mass is 309 g/mol. The fraction of sp³-hybridized carbons (Fsp3) is 0.368. The van der Waals surface area contributed by atoms with Crippen LogP contribution in [0, 0.1) is 12.8 Å². The highest BCUT2D eigenvalue weighted by atomic mass is 16.1. The fourth-order valence-corrected chi connectivity index (χ4v) is 2.98. The highest BCUT2D eigenvalue weighted by Crippen LogP contribution is 2.20. The number of hydrogen-bond donors (Lipinski definition) is 1. The average molecular weight is 309 g/mol. The molecule has 0 radical (unpaired) electrons. The van der Waals surface area contributed by atoms with Crippen molar-refractivity contribution in [2.75, 3.05) is 0 Å². The second kappa shape index (κ2) is 7.27. The van der Waals surface area contributed by atoms with E-state index in [-0.39, 0.29) is 5.91 Å². The summed E-state index contributed by atoms with van der Waals surface area (Å²) in [5.74, 6) is 1.57. The Morgan fingerprint density at radius 3 is 3.00 bits per heavy atom. The number of benzene rings is 1. The van der Waals surface area contributed by atoms with E-state index in [4.69, 9.17) is 0 Å². The molecule has 1 amide bonds. The lowest BCUT2D eigenvalue weighted by Gasteiger charge is -2.10. The van der Waals surface area contributed by atoms with E-state index >= 15 is 0 Å². The molecule has 2 aromatic rings. The lowest BCUT2D eigenvalue weighted by atomic mass is 10.0. The van der Waals surface area contributed by atoms with Crippen molar-refractivity contribution < 1.29 is 4.79 Å². The van der Waals surface area contributed by atoms with Crippen molar-refractivity contribution in [1.82, 2.24) is 14.9 Å². The van der Waals surface area contributed by atoms with Crippen LogP contribution in [0.25, 0.3) is 0 Å². The van der Waals surface area contributed by atoms with Crippen molar-refractivity contribution >= 4 is 5.91 Å². The quantitative estimate of drug-likeness (QED) is 0.833. The maximum absolute atomic E-state index is 12.0. The van der Waals surface area contributed by atoms with E-state index in [1.54, 1.807) is 0 Å². The molecule has 120 valence electrons. The molecule has 1 atom stereocenters. The largest absolute Gasteiger partial charge is 0.352 e. The third kappa shape index (κ3) is 4.31. The van der Waals surface area contributed by atoms with Gasteiger partial charge in [0.15, 0.2) is 0 Å². The zero-order valence-electron chi connectivity index (χ0n) is 13.5. The van der Waals surface area contributed by atoms with Crippen molar-refractivity contribution in [3.05, 3.63) is 65.8 Å². The molecule has 4 nitrogen and oxygen atoms in total. The number of nitrogens with zero attached hydrogens (tertiary/aromatic N) is 2. The van der Waals surface area contributed by atoms with Crippen LogP contribution in [0.15, 0.2) is 48.8 Å². The van der Waals surface area contributed by atoms with Crippen molar-refractivity contribution in [2.24, 2.45) is 5.92 Å². The van der Waals surface area contributed by atoms with Crippen LogP contribution in [0.1, 0.15) is 36.2 Å². The standard InChI is InChI=1S/C19H23N3O/c1-15-20-9-10-22(15)14-18-8-4-7-17(11-18)13-21-19(23)12-16-5-2-3-6-16/h2,4-5,7-11,16H,3,6,12-14H2,1H3,(H,21,23)/t16-/m0/s1. The highest BCUT2D eigenvalue weighted by Gasteiger charge is 2.13. The number of rotatable bonds is 6. The third-order valence-corrected chi connectivity index (χ3v) is 4.32. The molecule has 1 aromatic carbocycles. The first kappa shape index (κ1) is 15.5. The maximum Gasteiger partial charge on any atom is 0.220 e. The molecule has 3 rings (SSSR count). The Morgan fingerprint density at radius 2 is 2.26 bits per heavy atom. The minimum absolute atomic E-state index is 0.136. The van der Waals surface area contributed by atoms with Crippen LogP contribution in [0.4, 0.5) is 0 Å². The van der Waals surface area contributed by atoms with E-state index in [0.717, 1.165) is 30.8 Å². The van der Waals surface area contributed by atoms with Crippen LogP contribution in [0.3, 0.4) is 0 Å². The molecule has 0 bridgehead atoms. The summed E-state index contributed by atoms with van der Waals surface area (Å²) in [5, 5.41) is 3.03. The van der Waals surface area contributed by atoms with E-state index in [2.05, 4.69) is 45.2 Å². The number of aryl methyl sites for hydroxylation is 1. The first-order chi connectivity index (χ1) is 11.2. The zero-order chi connectivity index (χ0) is 16.1. The molecule has 0 saturated carbocycles. The lowest BCUT2D eigenvalue weighted by Crippen LogP contribution is -2.24. The van der Waals surface area contributed by atoms with E-state index in [9.17, 15) is 4.79 Å². The molecular weight excluding hydrogens is 286 g/mol. The van der Waals surface area contributed by atoms with Crippen molar-refractivity contribution in [3.63, 3.8) is 0 Å². The van der Waals surface area contributed by atoms with Gasteiger partial charge < -0.3 is 9.88 Å². The van der Waals surface area contributed by atoms with Gasteiger partial charge in [0.1, 0.15) is 5.82 Å². The number of carbonyl (C=O) groups is 1. The van der Waals surface area contributed by atoms with Gasteiger partial charge >= 0.3 is 0 Å². The van der Waals surface area contributed by atoms with Crippen molar-refractivity contribution in [2.45, 2.75) is 39.3 Å². The topological polar surface area (TPSA) is 46.9 Å². The Labute approximate surface area is 137 Å². The number of nitrogens with one attached hydrogen (secondary N) is 1. The summed E-state index contributed by atoms with van der Waals surface area (Å²) >= 11 is 0. The third-order valence-electron chi connectivity index (χ3n) is 4.32. The molecule has 0 spiro atoms. The number of hydrogen-bond acceptors (Lipinski definition) is 2. The summed E-state index contributed by atoms with van der Waals surface area (Å²) in [6, 6.07) is 8.35. The SMILES string of the molecule is Cc1nccn1Cc1cccc(CNC(=O)C[C@H]2C=CCC2)c1. The molecule has 23 heavy (non-hydrogen) atoms. The van der Waals surface area contributed by atoms with Crippen LogP contribution in [-0.4, -0.2) is 15.5 Å². The lowest BCUT2D eigenvalue weighted by molar-refractivity contribution is -0.121. The summed E-state index contributed by atoms with van der Waals surface area (Å²) < 4.78 is 2.12. The van der Waals surface area contributed by atoms with Crippen LogP contribution < -0.4 is 5.32 Å². The van der Waals surface area contributed by atoms with Gasteiger partial charge in [-0.1, -0.05) is 36.4 Å². The summed E-state index contributed by atoms with van der Waals surface area (Å²) in [4.78, 5) is 16.2. The van der Waals surface area contributed by atoms with Gasteiger partial charge in [-0.2, -0.15) is 0 Å². The molecule has 1 aromatic heterocycles. The summed E-state index contributed by atoms with van der Waals surface area (Å²) in [6.07, 6.45) is 10.9. The minimum atomic E-state index is 0.136. The van der Waals surface area contributed by atoms with Gasteiger partial charge in [-0.3, -0.25) is 4.79 Å². The summed E-state index contributed by atoms with van der Waals surface area (Å²) in [7, 11) is 0. The van der Waals surface area contributed by atoms with Crippen LogP contribution in [0.5, 0.6) is 0 Å². The second-order valence-corrected chi connectivity index (χ2v) is 6.17. The summed E-state index contributed by atoms with van der Waals surface area (Å²) in [5.41, 5.74) is 2.35. The molecule has 1 heterocycles. The molecule has 0 fully saturated rings. The van der Waals surface area contributed by atoms with E-state index in [1.165, 1.54) is 5.56 Å².